The van der Waals surface area contributed by atoms with Gasteiger partial charge in [-0.2, -0.15) is 0 Å². The number of aromatic amines is 1. The molecule has 3 heterocycles. The summed E-state index contributed by atoms with van der Waals surface area (Å²) in [5.41, 5.74) is 2.20. The number of nitrogens with zero attached hydrogens (tertiary/aromatic N) is 1. The van der Waals surface area contributed by atoms with Crippen molar-refractivity contribution in [2.75, 3.05) is 16.8 Å². The molecule has 2 bridgehead atoms. The van der Waals surface area contributed by atoms with E-state index in [0.29, 0.717) is 17.1 Å². The van der Waals surface area contributed by atoms with Gasteiger partial charge in [-0.1, -0.05) is 78.1 Å². The zero-order chi connectivity index (χ0) is 31.8. The maximum Gasteiger partial charge on any atom is 0.305 e. The van der Waals surface area contributed by atoms with E-state index in [4.69, 9.17) is 4.74 Å². The number of rotatable bonds is 6. The second-order valence-electron chi connectivity index (χ2n) is 12.7. The van der Waals surface area contributed by atoms with Crippen molar-refractivity contribution in [3.05, 3.63) is 117 Å². The van der Waals surface area contributed by atoms with Crippen LogP contribution < -0.4 is 19.8 Å². The van der Waals surface area contributed by atoms with Gasteiger partial charge < -0.3 is 15.0 Å². The van der Waals surface area contributed by atoms with Crippen molar-refractivity contribution < 1.29 is 19.1 Å². The molecule has 7 atom stereocenters. The van der Waals surface area contributed by atoms with E-state index in [2.05, 4.69) is 10.3 Å². The number of ether oxygens (including phenoxy) is 1. The first-order chi connectivity index (χ1) is 23.0. The molecule has 2 saturated carbocycles. The van der Waals surface area contributed by atoms with Crippen LogP contribution >= 0.6 is 23.1 Å². The van der Waals surface area contributed by atoms with Crippen LogP contribution in [0.25, 0.3) is 10.8 Å². The summed E-state index contributed by atoms with van der Waals surface area (Å²) >= 11 is 2.85. The van der Waals surface area contributed by atoms with Crippen LogP contribution in [0.2, 0.25) is 0 Å². The molecule has 10 heteroatoms. The second kappa shape index (κ2) is 11.0. The summed E-state index contributed by atoms with van der Waals surface area (Å²) in [4.78, 5) is 58.9. The minimum absolute atomic E-state index is 0.0185. The van der Waals surface area contributed by atoms with Crippen LogP contribution in [-0.2, 0) is 14.4 Å². The summed E-state index contributed by atoms with van der Waals surface area (Å²) in [7, 11) is 0. The molecule has 2 aliphatic heterocycles. The molecule has 9 rings (SSSR count). The number of aromatic nitrogens is 1. The Balaban J connectivity index is 1.03. The fourth-order valence-electron chi connectivity index (χ4n) is 8.67. The smallest absolute Gasteiger partial charge is 0.305 e. The van der Waals surface area contributed by atoms with Gasteiger partial charge in [-0.05, 0) is 65.3 Å². The molecule has 2 aliphatic carbocycles. The van der Waals surface area contributed by atoms with Crippen molar-refractivity contribution in [1.82, 2.24) is 4.98 Å². The molecule has 3 fully saturated rings. The summed E-state index contributed by atoms with van der Waals surface area (Å²) in [6.07, 6.45) is 0.796. The molecule has 47 heavy (non-hydrogen) atoms. The van der Waals surface area contributed by atoms with Crippen molar-refractivity contribution >= 4 is 63.0 Å². The lowest BCUT2D eigenvalue weighted by atomic mass is 9.68. The molecule has 2 N–H and O–H groups in total. The maximum atomic E-state index is 14.0. The fourth-order valence-corrected chi connectivity index (χ4v) is 11.6. The number of imide groups is 1. The number of hydrogen-bond acceptors (Lipinski definition) is 7. The fraction of sp³-hybridized carbons (Fsp3) is 0.243. The quantitative estimate of drug-likeness (QED) is 0.208. The molecule has 5 aromatic rings. The van der Waals surface area contributed by atoms with Crippen LogP contribution in [-0.4, -0.2) is 34.6 Å². The highest BCUT2D eigenvalue weighted by Gasteiger charge is 2.69. The van der Waals surface area contributed by atoms with Gasteiger partial charge in [-0.25, -0.2) is 0 Å². The van der Waals surface area contributed by atoms with E-state index < -0.39 is 5.92 Å². The zero-order valence-corrected chi connectivity index (χ0v) is 26.6. The SMILES string of the molecule is O=C(COc1ccccc1[C@H]1c2sc(=O)[nH]c2SC2C1[C@H]1C[C@@H]2C2C(=O)N(c3ccccc3)C(=O)C21)Nc1ccc2ccccc2c1. The van der Waals surface area contributed by atoms with Crippen molar-refractivity contribution in [2.45, 2.75) is 22.6 Å². The number of H-pyrrole nitrogens is 1. The van der Waals surface area contributed by atoms with Crippen LogP contribution in [0.1, 0.15) is 22.8 Å². The molecule has 0 radical (unpaired) electrons. The number of thioether (sulfide) groups is 1. The van der Waals surface area contributed by atoms with Crippen molar-refractivity contribution in [2.24, 2.45) is 29.6 Å². The number of nitrogens with one attached hydrogen (secondary N) is 2. The Labute approximate surface area is 278 Å². The summed E-state index contributed by atoms with van der Waals surface area (Å²) in [5.74, 6) is -0.894. The van der Waals surface area contributed by atoms with E-state index in [1.807, 2.05) is 97.1 Å². The third-order valence-electron chi connectivity index (χ3n) is 10.4. The normalized spacial score (nSPS) is 27.1. The summed E-state index contributed by atoms with van der Waals surface area (Å²) in [6.45, 7) is -0.189. The molecular weight excluding hydrogens is 631 g/mol. The van der Waals surface area contributed by atoms with Crippen LogP contribution in [0.15, 0.2) is 107 Å². The zero-order valence-electron chi connectivity index (χ0n) is 25.0. The molecular formula is C37H29N3O5S2. The van der Waals surface area contributed by atoms with E-state index >= 15 is 0 Å². The van der Waals surface area contributed by atoms with Crippen LogP contribution in [0.4, 0.5) is 11.4 Å². The first-order valence-corrected chi connectivity index (χ1v) is 17.5. The first-order valence-electron chi connectivity index (χ1n) is 15.8. The van der Waals surface area contributed by atoms with Gasteiger partial charge in [-0.3, -0.25) is 24.1 Å². The number of thiazole rings is 1. The second-order valence-corrected chi connectivity index (χ2v) is 14.9. The Kier molecular flexibility index (Phi) is 6.65. The largest absolute Gasteiger partial charge is 0.483 e. The predicted octanol–water partition coefficient (Wildman–Crippen LogP) is 6.29. The Bertz CT molecular complexity index is 2140. The standard InChI is InChI=1S/C37H29N3O5S2/c41-27(38-21-15-14-19-8-4-5-9-20(19)16-21)18-45-26-13-7-6-12-23(26)28-29-24-17-25(32(29)46-34-33(28)47-37(44)39-34)31-30(24)35(42)40(36(31)43)22-10-2-1-3-11-22/h1-16,24-25,28-32H,17-18H2,(H,38,41)(H,39,44)/t24-,25-,28-,29?,30?,31?,32?/m1/s1. The van der Waals surface area contributed by atoms with E-state index in [0.717, 1.165) is 32.7 Å². The van der Waals surface area contributed by atoms with Gasteiger partial charge in [0.1, 0.15) is 5.75 Å². The Morgan fingerprint density at radius 2 is 1.57 bits per heavy atom. The Morgan fingerprint density at radius 3 is 2.40 bits per heavy atom. The van der Waals surface area contributed by atoms with E-state index in [1.165, 1.54) is 16.2 Å². The molecule has 4 aliphatic rings. The highest BCUT2D eigenvalue weighted by Crippen LogP contribution is 2.69. The number of carbonyl (C=O) groups is 3. The summed E-state index contributed by atoms with van der Waals surface area (Å²) in [6, 6.07) is 30.6. The number of hydrogen-bond donors (Lipinski definition) is 2. The molecule has 0 spiro atoms. The van der Waals surface area contributed by atoms with E-state index in [9.17, 15) is 19.2 Å². The minimum atomic E-state index is -0.393. The first kappa shape index (κ1) is 28.5. The predicted molar refractivity (Wildman–Crippen MR) is 182 cm³/mol. The number of amides is 3. The van der Waals surface area contributed by atoms with Gasteiger partial charge in [0.05, 0.1) is 22.5 Å². The van der Waals surface area contributed by atoms with Gasteiger partial charge in [0.15, 0.2) is 6.61 Å². The maximum absolute atomic E-state index is 14.0. The van der Waals surface area contributed by atoms with Gasteiger partial charge in [0, 0.05) is 27.3 Å². The Hall–Kier alpha value is -4.67. The summed E-state index contributed by atoms with van der Waals surface area (Å²) in [5, 5.41) is 5.96. The third kappa shape index (κ3) is 4.49. The van der Waals surface area contributed by atoms with Crippen LogP contribution in [0.5, 0.6) is 5.75 Å². The number of anilines is 2. The van der Waals surface area contributed by atoms with Crippen molar-refractivity contribution in [1.29, 1.82) is 0 Å². The molecule has 8 nitrogen and oxygen atoms in total. The highest BCUT2D eigenvalue weighted by molar-refractivity contribution is 8.00. The molecule has 4 aromatic carbocycles. The topological polar surface area (TPSA) is 109 Å². The van der Waals surface area contributed by atoms with Gasteiger partial charge in [0.25, 0.3) is 5.91 Å². The van der Waals surface area contributed by atoms with Crippen molar-refractivity contribution in [3.63, 3.8) is 0 Å². The third-order valence-corrected chi connectivity index (χ3v) is 13.0. The van der Waals surface area contributed by atoms with Gasteiger partial charge in [-0.15, -0.1) is 11.8 Å². The van der Waals surface area contributed by atoms with Gasteiger partial charge >= 0.3 is 4.87 Å². The lowest BCUT2D eigenvalue weighted by Crippen LogP contribution is -2.42. The molecule has 4 unspecified atom stereocenters. The molecule has 1 aromatic heterocycles. The Morgan fingerprint density at radius 1 is 0.851 bits per heavy atom. The molecule has 3 amide bonds. The molecule has 234 valence electrons. The summed E-state index contributed by atoms with van der Waals surface area (Å²) < 4.78 is 6.23. The van der Waals surface area contributed by atoms with E-state index in [-0.39, 0.29) is 64.0 Å². The number of carbonyl (C=O) groups excluding carboxylic acids is 3. The van der Waals surface area contributed by atoms with Crippen LogP contribution in [0, 0.1) is 29.6 Å². The van der Waals surface area contributed by atoms with E-state index in [1.54, 1.807) is 11.8 Å². The van der Waals surface area contributed by atoms with Crippen molar-refractivity contribution in [3.8, 4) is 5.75 Å². The average molecular weight is 660 g/mol. The average Bonchev–Trinajstić information content (AvgIpc) is 3.83. The lowest BCUT2D eigenvalue weighted by molar-refractivity contribution is -0.123. The lowest BCUT2D eigenvalue weighted by Gasteiger charge is -2.43. The van der Waals surface area contributed by atoms with Crippen LogP contribution in [0.3, 0.4) is 0 Å². The van der Waals surface area contributed by atoms with Gasteiger partial charge in [0.2, 0.25) is 11.8 Å². The minimum Gasteiger partial charge on any atom is -0.483 e. The number of para-hydroxylation sites is 2. The highest BCUT2D eigenvalue weighted by atomic mass is 32.2. The molecule has 1 saturated heterocycles. The number of fused-ring (bicyclic) bond motifs is 10. The number of benzene rings is 4. The monoisotopic (exact) mass is 659 g/mol.